The molecule has 112 valence electrons. The molecule has 5 heteroatoms. The van der Waals surface area contributed by atoms with Crippen LogP contribution in [0.4, 0.5) is 0 Å². The van der Waals surface area contributed by atoms with Crippen molar-refractivity contribution in [1.29, 1.82) is 0 Å². The van der Waals surface area contributed by atoms with Gasteiger partial charge in [-0.2, -0.15) is 0 Å². The molecule has 1 N–H and O–H groups in total. The molecule has 0 saturated carbocycles. The van der Waals surface area contributed by atoms with E-state index in [0.29, 0.717) is 12.5 Å². The minimum atomic E-state index is 0.143. The van der Waals surface area contributed by atoms with Crippen LogP contribution >= 0.6 is 0 Å². The summed E-state index contributed by atoms with van der Waals surface area (Å²) in [7, 11) is 0. The summed E-state index contributed by atoms with van der Waals surface area (Å²) >= 11 is 0. The molecule has 0 radical (unpaired) electrons. The second-order valence-corrected chi connectivity index (χ2v) is 6.07. The Balaban J connectivity index is 1.72. The van der Waals surface area contributed by atoms with E-state index >= 15 is 0 Å². The minimum absolute atomic E-state index is 0.143. The van der Waals surface area contributed by atoms with Crippen LogP contribution in [0.3, 0.4) is 0 Å². The summed E-state index contributed by atoms with van der Waals surface area (Å²) in [6, 6.07) is 0.226. The zero-order valence-electron chi connectivity index (χ0n) is 12.8. The lowest BCUT2D eigenvalue weighted by atomic mass is 9.96. The van der Waals surface area contributed by atoms with Crippen molar-refractivity contribution < 1.29 is 4.79 Å². The fraction of sp³-hybridized carbons (Fsp3) is 0.733. The Morgan fingerprint density at radius 1 is 1.45 bits per heavy atom. The topological polar surface area (TPSA) is 50.2 Å². The Morgan fingerprint density at radius 3 is 2.70 bits per heavy atom. The molecule has 1 aliphatic rings. The fourth-order valence-electron chi connectivity index (χ4n) is 2.77. The molecule has 20 heavy (non-hydrogen) atoms. The summed E-state index contributed by atoms with van der Waals surface area (Å²) < 4.78 is 2.23. The van der Waals surface area contributed by atoms with Gasteiger partial charge in [0.15, 0.2) is 0 Å². The summed E-state index contributed by atoms with van der Waals surface area (Å²) in [5, 5.41) is 2.95. The van der Waals surface area contributed by atoms with Crippen molar-refractivity contribution in [2.75, 3.05) is 19.6 Å². The number of amides is 1. The first kappa shape index (κ1) is 15.0. The number of likely N-dealkylation sites (tertiary alicyclic amines) is 1. The van der Waals surface area contributed by atoms with Gasteiger partial charge in [0.2, 0.25) is 5.91 Å². The molecule has 1 aromatic heterocycles. The Labute approximate surface area is 121 Å². The van der Waals surface area contributed by atoms with Gasteiger partial charge >= 0.3 is 0 Å². The molecule has 0 aromatic carbocycles. The number of carbonyl (C=O) groups is 1. The lowest BCUT2D eigenvalue weighted by Crippen LogP contribution is -2.43. The number of aryl methyl sites for hydroxylation is 1. The predicted octanol–water partition coefficient (Wildman–Crippen LogP) is 1.43. The summed E-state index contributed by atoms with van der Waals surface area (Å²) in [5.74, 6) is 1.93. The highest BCUT2D eigenvalue weighted by molar-refractivity contribution is 5.78. The highest BCUT2D eigenvalue weighted by atomic mass is 16.2. The van der Waals surface area contributed by atoms with E-state index in [1.54, 1.807) is 0 Å². The molecular formula is C15H26N4O. The average molecular weight is 278 g/mol. The van der Waals surface area contributed by atoms with E-state index < -0.39 is 0 Å². The molecule has 0 spiro atoms. The van der Waals surface area contributed by atoms with Crippen LogP contribution in [0.25, 0.3) is 0 Å². The molecule has 1 amide bonds. The summed E-state index contributed by atoms with van der Waals surface area (Å²) in [4.78, 5) is 18.3. The number of imidazole rings is 1. The van der Waals surface area contributed by atoms with Crippen molar-refractivity contribution >= 4 is 5.91 Å². The van der Waals surface area contributed by atoms with Gasteiger partial charge in [-0.05, 0) is 52.6 Å². The second kappa shape index (κ2) is 6.88. The van der Waals surface area contributed by atoms with Crippen molar-refractivity contribution in [2.24, 2.45) is 5.92 Å². The van der Waals surface area contributed by atoms with Crippen LogP contribution in [0.1, 0.15) is 32.5 Å². The van der Waals surface area contributed by atoms with Crippen LogP contribution in [0.5, 0.6) is 0 Å². The first-order chi connectivity index (χ1) is 9.54. The number of hydrogen-bond donors (Lipinski definition) is 1. The zero-order chi connectivity index (χ0) is 14.5. The predicted molar refractivity (Wildman–Crippen MR) is 79.4 cm³/mol. The van der Waals surface area contributed by atoms with E-state index in [2.05, 4.69) is 26.0 Å². The van der Waals surface area contributed by atoms with Gasteiger partial charge in [-0.1, -0.05) is 0 Å². The molecule has 0 aliphatic carbocycles. The van der Waals surface area contributed by atoms with Gasteiger partial charge in [-0.3, -0.25) is 9.69 Å². The number of carbonyl (C=O) groups excluding carboxylic acids is 1. The highest BCUT2D eigenvalue weighted by Gasteiger charge is 2.21. The molecule has 1 aromatic rings. The molecule has 1 saturated heterocycles. The van der Waals surface area contributed by atoms with Crippen molar-refractivity contribution in [3.63, 3.8) is 0 Å². The molecule has 5 nitrogen and oxygen atoms in total. The van der Waals surface area contributed by atoms with Crippen LogP contribution in [-0.4, -0.2) is 46.0 Å². The Morgan fingerprint density at radius 2 is 2.15 bits per heavy atom. The standard InChI is InChI=1S/C15H26N4O/c1-12(2)17-15(20)11-18-7-4-14(5-8-18)10-19-9-6-16-13(19)3/h6,9,12,14H,4-5,7-8,10-11H2,1-3H3,(H,17,20). The minimum Gasteiger partial charge on any atom is -0.353 e. The Kier molecular flexibility index (Phi) is 5.17. The third-order valence-corrected chi connectivity index (χ3v) is 3.90. The largest absolute Gasteiger partial charge is 0.353 e. The van der Waals surface area contributed by atoms with Crippen LogP contribution in [0.2, 0.25) is 0 Å². The normalized spacial score (nSPS) is 17.6. The molecule has 1 fully saturated rings. The first-order valence-electron chi connectivity index (χ1n) is 7.54. The van der Waals surface area contributed by atoms with Crippen LogP contribution < -0.4 is 5.32 Å². The molecule has 0 unspecified atom stereocenters. The van der Waals surface area contributed by atoms with E-state index in [4.69, 9.17) is 0 Å². The van der Waals surface area contributed by atoms with Gasteiger partial charge in [-0.15, -0.1) is 0 Å². The first-order valence-corrected chi connectivity index (χ1v) is 7.54. The molecule has 2 heterocycles. The van der Waals surface area contributed by atoms with Crippen LogP contribution in [0, 0.1) is 12.8 Å². The van der Waals surface area contributed by atoms with Crippen molar-refractivity contribution in [2.45, 2.75) is 46.2 Å². The SMILES string of the molecule is Cc1nccn1CC1CCN(CC(=O)NC(C)C)CC1. The van der Waals surface area contributed by atoms with Gasteiger partial charge in [0.1, 0.15) is 5.82 Å². The molecule has 0 bridgehead atoms. The lowest BCUT2D eigenvalue weighted by molar-refractivity contribution is -0.123. The fourth-order valence-corrected chi connectivity index (χ4v) is 2.77. The lowest BCUT2D eigenvalue weighted by Gasteiger charge is -2.31. The monoisotopic (exact) mass is 278 g/mol. The number of piperidine rings is 1. The van der Waals surface area contributed by atoms with Crippen molar-refractivity contribution in [3.05, 3.63) is 18.2 Å². The number of nitrogens with one attached hydrogen (secondary N) is 1. The van der Waals surface area contributed by atoms with Gasteiger partial charge in [-0.25, -0.2) is 4.98 Å². The summed E-state index contributed by atoms with van der Waals surface area (Å²) in [6.45, 7) is 9.67. The molecule has 0 atom stereocenters. The van der Waals surface area contributed by atoms with Gasteiger partial charge in [0.25, 0.3) is 0 Å². The maximum Gasteiger partial charge on any atom is 0.234 e. The number of hydrogen-bond acceptors (Lipinski definition) is 3. The zero-order valence-corrected chi connectivity index (χ0v) is 12.8. The summed E-state index contributed by atoms with van der Waals surface area (Å²) in [6.07, 6.45) is 6.23. The van der Waals surface area contributed by atoms with Crippen LogP contribution in [-0.2, 0) is 11.3 Å². The van der Waals surface area contributed by atoms with Gasteiger partial charge < -0.3 is 9.88 Å². The second-order valence-electron chi connectivity index (χ2n) is 6.07. The summed E-state index contributed by atoms with van der Waals surface area (Å²) in [5.41, 5.74) is 0. The molecule has 2 rings (SSSR count). The number of aromatic nitrogens is 2. The Hall–Kier alpha value is -1.36. The van der Waals surface area contributed by atoms with E-state index in [1.807, 2.05) is 27.0 Å². The third kappa shape index (κ3) is 4.34. The van der Waals surface area contributed by atoms with Gasteiger partial charge in [0, 0.05) is 25.0 Å². The van der Waals surface area contributed by atoms with Crippen molar-refractivity contribution in [1.82, 2.24) is 19.8 Å². The molecular weight excluding hydrogens is 252 g/mol. The number of nitrogens with zero attached hydrogens (tertiary/aromatic N) is 3. The third-order valence-electron chi connectivity index (χ3n) is 3.90. The van der Waals surface area contributed by atoms with Crippen molar-refractivity contribution in [3.8, 4) is 0 Å². The maximum absolute atomic E-state index is 11.7. The van der Waals surface area contributed by atoms with Crippen LogP contribution in [0.15, 0.2) is 12.4 Å². The Bertz CT molecular complexity index is 433. The smallest absolute Gasteiger partial charge is 0.234 e. The average Bonchev–Trinajstić information content (AvgIpc) is 2.76. The maximum atomic E-state index is 11.7. The quantitative estimate of drug-likeness (QED) is 0.886. The van der Waals surface area contributed by atoms with E-state index in [9.17, 15) is 4.79 Å². The van der Waals surface area contributed by atoms with Gasteiger partial charge in [0.05, 0.1) is 6.54 Å². The highest BCUT2D eigenvalue weighted by Crippen LogP contribution is 2.19. The number of rotatable bonds is 5. The molecule has 1 aliphatic heterocycles. The van der Waals surface area contributed by atoms with E-state index in [0.717, 1.165) is 38.3 Å². The van der Waals surface area contributed by atoms with E-state index in [1.165, 1.54) is 0 Å². The van der Waals surface area contributed by atoms with E-state index in [-0.39, 0.29) is 11.9 Å².